The molecule has 24 heavy (non-hydrogen) atoms. The Balaban J connectivity index is 0. The molecule has 0 aromatic rings. The molecular weight excluding hydrogens is 345 g/mol. The first-order valence-electron chi connectivity index (χ1n) is 8.35. The Kier molecular flexibility index (Phi) is 17.2. The first-order valence-corrected chi connectivity index (χ1v) is 9.86. The van der Waals surface area contributed by atoms with E-state index in [0.717, 1.165) is 25.7 Å². The number of carbonyl (C=O) groups excluding carboxylic acids is 1. The first kappa shape index (κ1) is 26.5. The summed E-state index contributed by atoms with van der Waals surface area (Å²) in [7, 11) is -4.48. The zero-order chi connectivity index (χ0) is 17.7. The van der Waals surface area contributed by atoms with Gasteiger partial charge in [0.2, 0.25) is 5.91 Å². The van der Waals surface area contributed by atoms with Gasteiger partial charge < -0.3 is 15.5 Å². The van der Waals surface area contributed by atoms with Gasteiger partial charge in [-0.1, -0.05) is 58.3 Å². The normalized spacial score (nSPS) is 13.8. The van der Waals surface area contributed by atoms with E-state index in [2.05, 4.69) is 12.2 Å². The average molecular weight is 376 g/mol. The minimum Gasteiger partial charge on any atom is -0.394 e. The number of aliphatic hydroxyl groups is 2. The zero-order valence-electron chi connectivity index (χ0n) is 14.9. The summed E-state index contributed by atoms with van der Waals surface area (Å²) in [5, 5.41) is 18.5. The summed E-state index contributed by atoms with van der Waals surface area (Å²) in [6, 6.07) is 0. The van der Waals surface area contributed by atoms with E-state index < -0.39 is 34.0 Å². The Morgan fingerprint density at radius 1 is 1.04 bits per heavy atom. The molecule has 139 valence electrons. The standard InChI is InChI=1S/C15H31NO6S.Na/c1-2-3-4-5-6-7-8-9-10-14(23(20,21)22)15(19)16-11-13(18)12-17;/h13-14,17-18H,2-12H2,1H3,(H,16,19)(H,20,21,22);. The second-order valence-corrected chi connectivity index (χ2v) is 7.45. The average Bonchev–Trinajstić information content (AvgIpc) is 2.49. The van der Waals surface area contributed by atoms with Crippen LogP contribution in [0.3, 0.4) is 0 Å². The predicted molar refractivity (Wildman–Crippen MR) is 94.4 cm³/mol. The van der Waals surface area contributed by atoms with Crippen LogP contribution in [0.1, 0.15) is 64.7 Å². The van der Waals surface area contributed by atoms with Gasteiger partial charge in [-0.25, -0.2) is 0 Å². The molecule has 4 N–H and O–H groups in total. The van der Waals surface area contributed by atoms with E-state index in [1.54, 1.807) is 0 Å². The van der Waals surface area contributed by atoms with Crippen LogP contribution in [-0.2, 0) is 14.9 Å². The number of amides is 1. The summed E-state index contributed by atoms with van der Waals surface area (Å²) in [6.07, 6.45) is 7.10. The predicted octanol–water partition coefficient (Wildman–Crippen LogP) is 0.862. The Labute approximate surface area is 167 Å². The van der Waals surface area contributed by atoms with Crippen molar-refractivity contribution in [3.05, 3.63) is 0 Å². The van der Waals surface area contributed by atoms with Gasteiger partial charge in [0.15, 0.2) is 5.25 Å². The molecule has 1 radical (unpaired) electrons. The molecule has 0 aliphatic rings. The van der Waals surface area contributed by atoms with Crippen LogP contribution in [0.5, 0.6) is 0 Å². The fourth-order valence-corrected chi connectivity index (χ4v) is 3.09. The number of carbonyl (C=O) groups is 1. The minimum absolute atomic E-state index is 0. The van der Waals surface area contributed by atoms with Crippen molar-refractivity contribution >= 4 is 45.6 Å². The Hall–Kier alpha value is 0.300. The van der Waals surface area contributed by atoms with Crippen molar-refractivity contribution in [3.63, 3.8) is 0 Å². The van der Waals surface area contributed by atoms with E-state index >= 15 is 0 Å². The van der Waals surface area contributed by atoms with E-state index in [-0.39, 0.29) is 42.5 Å². The fourth-order valence-electron chi connectivity index (χ4n) is 2.28. The van der Waals surface area contributed by atoms with Crippen molar-refractivity contribution < 1.29 is 28.0 Å². The monoisotopic (exact) mass is 376 g/mol. The van der Waals surface area contributed by atoms with Gasteiger partial charge in [0.05, 0.1) is 12.7 Å². The van der Waals surface area contributed by atoms with Crippen molar-refractivity contribution in [1.82, 2.24) is 5.32 Å². The first-order chi connectivity index (χ1) is 10.8. The van der Waals surface area contributed by atoms with Crippen molar-refractivity contribution in [1.29, 1.82) is 0 Å². The van der Waals surface area contributed by atoms with Gasteiger partial charge >= 0.3 is 0 Å². The number of hydrogen-bond acceptors (Lipinski definition) is 5. The van der Waals surface area contributed by atoms with Crippen LogP contribution < -0.4 is 5.32 Å². The summed E-state index contributed by atoms with van der Waals surface area (Å²) in [5.74, 6) is -0.844. The molecule has 0 saturated heterocycles. The molecule has 1 amide bonds. The second-order valence-electron chi connectivity index (χ2n) is 5.85. The van der Waals surface area contributed by atoms with Gasteiger partial charge in [-0.3, -0.25) is 9.35 Å². The van der Waals surface area contributed by atoms with E-state index in [4.69, 9.17) is 14.8 Å². The topological polar surface area (TPSA) is 124 Å². The molecule has 0 fully saturated rings. The van der Waals surface area contributed by atoms with Gasteiger partial charge in [-0.2, -0.15) is 8.42 Å². The summed E-state index contributed by atoms with van der Waals surface area (Å²) >= 11 is 0. The number of nitrogens with one attached hydrogen (secondary N) is 1. The summed E-state index contributed by atoms with van der Waals surface area (Å²) in [5.41, 5.74) is 0. The van der Waals surface area contributed by atoms with Crippen LogP contribution in [0, 0.1) is 0 Å². The van der Waals surface area contributed by atoms with Crippen molar-refractivity contribution in [2.45, 2.75) is 76.1 Å². The van der Waals surface area contributed by atoms with Gasteiger partial charge in [0.1, 0.15) is 0 Å². The number of aliphatic hydroxyl groups excluding tert-OH is 2. The van der Waals surface area contributed by atoms with Crippen LogP contribution in [0.2, 0.25) is 0 Å². The largest absolute Gasteiger partial charge is 0.394 e. The Morgan fingerprint density at radius 2 is 1.54 bits per heavy atom. The third-order valence-corrected chi connectivity index (χ3v) is 4.86. The smallest absolute Gasteiger partial charge is 0.276 e. The molecule has 2 atom stereocenters. The molecule has 0 bridgehead atoms. The maximum atomic E-state index is 11.8. The minimum atomic E-state index is -4.48. The zero-order valence-corrected chi connectivity index (χ0v) is 17.7. The molecule has 0 spiro atoms. The van der Waals surface area contributed by atoms with E-state index in [0.29, 0.717) is 6.42 Å². The molecule has 0 heterocycles. The molecular formula is C15H31NNaO6S. The third-order valence-electron chi connectivity index (χ3n) is 3.69. The SMILES string of the molecule is CCCCCCCCCCC(C(=O)NCC(O)CO)S(=O)(=O)O.[Na]. The van der Waals surface area contributed by atoms with Crippen molar-refractivity contribution in [2.75, 3.05) is 13.2 Å². The molecule has 0 aliphatic heterocycles. The van der Waals surface area contributed by atoms with Crippen LogP contribution in [0.25, 0.3) is 0 Å². The summed E-state index contributed by atoms with van der Waals surface area (Å²) in [4.78, 5) is 11.8. The molecule has 0 aromatic heterocycles. The van der Waals surface area contributed by atoms with E-state index in [1.807, 2.05) is 0 Å². The Bertz CT molecular complexity index is 418. The van der Waals surface area contributed by atoms with Gasteiger partial charge in [-0.05, 0) is 6.42 Å². The van der Waals surface area contributed by atoms with Gasteiger partial charge in [-0.15, -0.1) is 0 Å². The number of rotatable bonds is 14. The molecule has 0 aromatic carbocycles. The maximum absolute atomic E-state index is 11.8. The van der Waals surface area contributed by atoms with E-state index in [1.165, 1.54) is 19.3 Å². The van der Waals surface area contributed by atoms with Gasteiger partial charge in [0.25, 0.3) is 10.1 Å². The number of hydrogen-bond donors (Lipinski definition) is 4. The quantitative estimate of drug-likeness (QED) is 0.203. The van der Waals surface area contributed by atoms with E-state index in [9.17, 15) is 13.2 Å². The van der Waals surface area contributed by atoms with Crippen LogP contribution >= 0.6 is 0 Å². The number of unbranched alkanes of at least 4 members (excludes halogenated alkanes) is 7. The maximum Gasteiger partial charge on any atom is 0.276 e. The molecule has 9 heteroatoms. The molecule has 7 nitrogen and oxygen atoms in total. The van der Waals surface area contributed by atoms with Crippen molar-refractivity contribution in [2.24, 2.45) is 0 Å². The Morgan fingerprint density at radius 3 is 2.00 bits per heavy atom. The molecule has 0 aliphatic carbocycles. The molecule has 0 rings (SSSR count). The summed E-state index contributed by atoms with van der Waals surface area (Å²) < 4.78 is 31.8. The molecule has 0 saturated carbocycles. The summed E-state index contributed by atoms with van der Waals surface area (Å²) in [6.45, 7) is 1.37. The van der Waals surface area contributed by atoms with Crippen LogP contribution in [0.4, 0.5) is 0 Å². The van der Waals surface area contributed by atoms with Crippen molar-refractivity contribution in [3.8, 4) is 0 Å². The van der Waals surface area contributed by atoms with Crippen LogP contribution in [0.15, 0.2) is 0 Å². The van der Waals surface area contributed by atoms with Crippen LogP contribution in [-0.4, -0.2) is 83.2 Å². The second kappa shape index (κ2) is 15.5. The molecule has 2 unspecified atom stereocenters. The van der Waals surface area contributed by atoms with Gasteiger partial charge in [0, 0.05) is 36.1 Å². The third kappa shape index (κ3) is 13.6. The fraction of sp³-hybridized carbons (Fsp3) is 0.933.